The largest absolute Gasteiger partial charge is 0.496 e. The van der Waals surface area contributed by atoms with E-state index in [2.05, 4.69) is 17.6 Å². The number of hydrogen-bond acceptors (Lipinski definition) is 3. The zero-order valence-corrected chi connectivity index (χ0v) is 13.0. The van der Waals surface area contributed by atoms with Crippen molar-refractivity contribution in [3.05, 3.63) is 29.8 Å². The van der Waals surface area contributed by atoms with Gasteiger partial charge in [0.1, 0.15) is 5.75 Å². The van der Waals surface area contributed by atoms with Crippen LogP contribution in [0.1, 0.15) is 32.8 Å². The molecule has 0 aliphatic rings. The Kier molecular flexibility index (Phi) is 6.52. The van der Waals surface area contributed by atoms with E-state index < -0.39 is 0 Å². The van der Waals surface area contributed by atoms with E-state index in [0.717, 1.165) is 30.7 Å². The molecule has 1 aromatic carbocycles. The molecule has 0 radical (unpaired) electrons. The highest BCUT2D eigenvalue weighted by Crippen LogP contribution is 2.17. The molecule has 0 fully saturated rings. The van der Waals surface area contributed by atoms with E-state index in [1.165, 1.54) is 0 Å². The molecule has 0 saturated carbocycles. The Morgan fingerprint density at radius 2 is 2.00 bits per heavy atom. The molecular weight excluding hydrogens is 252 g/mol. The minimum Gasteiger partial charge on any atom is -0.496 e. The zero-order valence-electron chi connectivity index (χ0n) is 13.0. The first kappa shape index (κ1) is 16.5. The molecule has 0 heterocycles. The molecule has 0 aromatic heterocycles. The van der Waals surface area contributed by atoms with Crippen LogP contribution in [0.15, 0.2) is 24.3 Å². The number of amides is 1. The smallest absolute Gasteiger partial charge is 0.234 e. The van der Waals surface area contributed by atoms with Crippen molar-refractivity contribution >= 4 is 5.91 Å². The van der Waals surface area contributed by atoms with E-state index in [-0.39, 0.29) is 11.4 Å². The van der Waals surface area contributed by atoms with Crippen LogP contribution in [-0.4, -0.2) is 31.6 Å². The zero-order chi connectivity index (χ0) is 15.0. The van der Waals surface area contributed by atoms with Crippen LogP contribution < -0.4 is 15.4 Å². The summed E-state index contributed by atoms with van der Waals surface area (Å²) in [7, 11) is 1.67. The maximum Gasteiger partial charge on any atom is 0.234 e. The number of rotatable bonds is 8. The number of ether oxygens (including phenoxy) is 1. The van der Waals surface area contributed by atoms with Gasteiger partial charge in [-0.15, -0.1) is 0 Å². The molecule has 0 spiro atoms. The fraction of sp³-hybridized carbons (Fsp3) is 0.562. The van der Waals surface area contributed by atoms with Gasteiger partial charge >= 0.3 is 0 Å². The summed E-state index contributed by atoms with van der Waals surface area (Å²) < 4.78 is 5.30. The van der Waals surface area contributed by atoms with Gasteiger partial charge in [-0.05, 0) is 44.9 Å². The van der Waals surface area contributed by atoms with Crippen LogP contribution in [0.25, 0.3) is 0 Å². The van der Waals surface area contributed by atoms with Gasteiger partial charge < -0.3 is 15.4 Å². The van der Waals surface area contributed by atoms with Gasteiger partial charge in [-0.25, -0.2) is 0 Å². The molecule has 0 aliphatic carbocycles. The summed E-state index contributed by atoms with van der Waals surface area (Å²) in [6.45, 7) is 7.22. The van der Waals surface area contributed by atoms with E-state index in [1.807, 2.05) is 38.1 Å². The number of hydrogen-bond donors (Lipinski definition) is 2. The van der Waals surface area contributed by atoms with Crippen molar-refractivity contribution in [2.24, 2.45) is 0 Å². The van der Waals surface area contributed by atoms with Crippen molar-refractivity contribution in [3.63, 3.8) is 0 Å². The lowest BCUT2D eigenvalue weighted by Crippen LogP contribution is -2.46. The fourth-order valence-electron chi connectivity index (χ4n) is 1.84. The van der Waals surface area contributed by atoms with E-state index in [0.29, 0.717) is 6.54 Å². The molecule has 0 bridgehead atoms. The topological polar surface area (TPSA) is 50.4 Å². The minimum atomic E-state index is -0.137. The van der Waals surface area contributed by atoms with Crippen molar-refractivity contribution in [1.82, 2.24) is 10.6 Å². The summed E-state index contributed by atoms with van der Waals surface area (Å²) in [6, 6.07) is 7.94. The Hall–Kier alpha value is -1.55. The van der Waals surface area contributed by atoms with Crippen LogP contribution in [0.3, 0.4) is 0 Å². The van der Waals surface area contributed by atoms with E-state index >= 15 is 0 Å². The number of para-hydroxylation sites is 1. The van der Waals surface area contributed by atoms with Gasteiger partial charge in [0.15, 0.2) is 0 Å². The first-order chi connectivity index (χ1) is 9.48. The molecule has 112 valence electrons. The highest BCUT2D eigenvalue weighted by atomic mass is 16.5. The van der Waals surface area contributed by atoms with E-state index in [4.69, 9.17) is 4.74 Å². The Labute approximate surface area is 121 Å². The number of nitrogens with one attached hydrogen (secondary N) is 2. The molecule has 0 atom stereocenters. The lowest BCUT2D eigenvalue weighted by atomic mass is 10.0. The van der Waals surface area contributed by atoms with Gasteiger partial charge in [0.25, 0.3) is 0 Å². The fourth-order valence-corrected chi connectivity index (χ4v) is 1.84. The Bertz CT molecular complexity index is 430. The maximum absolute atomic E-state index is 11.8. The molecule has 0 aliphatic heterocycles. The molecule has 0 unspecified atom stereocenters. The van der Waals surface area contributed by atoms with Gasteiger partial charge in [0, 0.05) is 5.54 Å². The average molecular weight is 278 g/mol. The van der Waals surface area contributed by atoms with Crippen molar-refractivity contribution < 1.29 is 9.53 Å². The third kappa shape index (κ3) is 5.61. The molecule has 4 nitrogen and oxygen atoms in total. The second-order valence-corrected chi connectivity index (χ2v) is 5.52. The highest BCUT2D eigenvalue weighted by molar-refractivity contribution is 5.78. The molecule has 0 saturated heterocycles. The normalized spacial score (nSPS) is 11.2. The van der Waals surface area contributed by atoms with Crippen LogP contribution in [0.2, 0.25) is 0 Å². The van der Waals surface area contributed by atoms with Crippen LogP contribution in [0, 0.1) is 0 Å². The summed E-state index contributed by atoms with van der Waals surface area (Å²) in [5.74, 6) is 0.933. The molecular formula is C16H26N2O2. The molecule has 1 aromatic rings. The minimum absolute atomic E-state index is 0.0388. The standard InChI is InChI=1S/C16H26N2O2/c1-5-16(2,3)18-15(19)12-17-11-10-13-8-6-7-9-14(13)20-4/h6-9,17H,5,10-12H2,1-4H3,(H,18,19). The third-order valence-electron chi connectivity index (χ3n) is 3.41. The predicted octanol–water partition coefficient (Wildman–Crippen LogP) is 2.13. The number of carbonyl (C=O) groups is 1. The van der Waals surface area contributed by atoms with E-state index in [1.54, 1.807) is 7.11 Å². The van der Waals surface area contributed by atoms with Crippen LogP contribution in [0.5, 0.6) is 5.75 Å². The van der Waals surface area contributed by atoms with Gasteiger partial charge in [-0.1, -0.05) is 25.1 Å². The summed E-state index contributed by atoms with van der Waals surface area (Å²) in [5, 5.41) is 6.17. The number of carbonyl (C=O) groups excluding carboxylic acids is 1. The summed E-state index contributed by atoms with van der Waals surface area (Å²) >= 11 is 0. The third-order valence-corrected chi connectivity index (χ3v) is 3.41. The molecule has 2 N–H and O–H groups in total. The average Bonchev–Trinajstić information content (AvgIpc) is 2.43. The molecule has 4 heteroatoms. The Morgan fingerprint density at radius 3 is 2.65 bits per heavy atom. The summed E-state index contributed by atoms with van der Waals surface area (Å²) in [5.41, 5.74) is 1.01. The monoisotopic (exact) mass is 278 g/mol. The van der Waals surface area contributed by atoms with Crippen LogP contribution >= 0.6 is 0 Å². The molecule has 1 rings (SSSR count). The van der Waals surface area contributed by atoms with Crippen LogP contribution in [-0.2, 0) is 11.2 Å². The summed E-state index contributed by atoms with van der Waals surface area (Å²) in [4.78, 5) is 11.8. The SMILES string of the molecule is CCC(C)(C)NC(=O)CNCCc1ccccc1OC. The van der Waals surface area contributed by atoms with Gasteiger partial charge in [-0.2, -0.15) is 0 Å². The number of methoxy groups -OCH3 is 1. The van der Waals surface area contributed by atoms with Crippen molar-refractivity contribution in [1.29, 1.82) is 0 Å². The van der Waals surface area contributed by atoms with Crippen molar-refractivity contribution in [2.75, 3.05) is 20.2 Å². The first-order valence-corrected chi connectivity index (χ1v) is 7.12. The van der Waals surface area contributed by atoms with Gasteiger partial charge in [0.05, 0.1) is 13.7 Å². The first-order valence-electron chi connectivity index (χ1n) is 7.12. The number of benzene rings is 1. The van der Waals surface area contributed by atoms with Crippen molar-refractivity contribution in [2.45, 2.75) is 39.2 Å². The van der Waals surface area contributed by atoms with Crippen LogP contribution in [0.4, 0.5) is 0 Å². The second kappa shape index (κ2) is 7.90. The quantitative estimate of drug-likeness (QED) is 0.716. The lowest BCUT2D eigenvalue weighted by molar-refractivity contribution is -0.121. The molecule has 20 heavy (non-hydrogen) atoms. The molecule has 1 amide bonds. The Balaban J connectivity index is 2.30. The van der Waals surface area contributed by atoms with E-state index in [9.17, 15) is 4.79 Å². The van der Waals surface area contributed by atoms with Crippen molar-refractivity contribution in [3.8, 4) is 5.75 Å². The van der Waals surface area contributed by atoms with Gasteiger partial charge in [-0.3, -0.25) is 4.79 Å². The second-order valence-electron chi connectivity index (χ2n) is 5.52. The predicted molar refractivity (Wildman–Crippen MR) is 82.1 cm³/mol. The summed E-state index contributed by atoms with van der Waals surface area (Å²) in [6.07, 6.45) is 1.76. The highest BCUT2D eigenvalue weighted by Gasteiger charge is 2.17. The lowest BCUT2D eigenvalue weighted by Gasteiger charge is -2.24. The maximum atomic E-state index is 11.8. The Morgan fingerprint density at radius 1 is 1.30 bits per heavy atom. The van der Waals surface area contributed by atoms with Gasteiger partial charge in [0.2, 0.25) is 5.91 Å².